The summed E-state index contributed by atoms with van der Waals surface area (Å²) in [5.41, 5.74) is 0.960. The van der Waals surface area contributed by atoms with Crippen molar-refractivity contribution in [2.24, 2.45) is 11.8 Å². The van der Waals surface area contributed by atoms with E-state index in [9.17, 15) is 26.4 Å². The Hall–Kier alpha value is -2.90. The van der Waals surface area contributed by atoms with Crippen LogP contribution in [0.4, 0.5) is 18.3 Å². The third kappa shape index (κ3) is 7.17. The molecule has 1 fully saturated rings. The number of hydrogen-bond acceptors (Lipinski definition) is 8. The van der Waals surface area contributed by atoms with Crippen molar-refractivity contribution in [1.82, 2.24) is 20.1 Å². The number of rotatable bonds is 10. The van der Waals surface area contributed by atoms with E-state index in [4.69, 9.17) is 4.98 Å². The molecule has 13 heteroatoms. The predicted octanol–water partition coefficient (Wildman–Crippen LogP) is 6.20. The lowest BCUT2D eigenvalue weighted by Gasteiger charge is -2.27. The van der Waals surface area contributed by atoms with E-state index in [2.05, 4.69) is 20.4 Å². The fourth-order valence-electron chi connectivity index (χ4n) is 5.81. The van der Waals surface area contributed by atoms with Crippen LogP contribution in [0.5, 0.6) is 0 Å². The zero-order chi connectivity index (χ0) is 30.1. The normalized spacial score (nSPS) is 18.1. The first kappa shape index (κ1) is 30.6. The van der Waals surface area contributed by atoms with E-state index < -0.39 is 21.7 Å². The molecule has 0 unspecified atom stereocenters. The Morgan fingerprint density at radius 3 is 2.43 bits per heavy atom. The summed E-state index contributed by atoms with van der Waals surface area (Å²) in [6, 6.07) is 8.71. The van der Waals surface area contributed by atoms with Crippen LogP contribution in [0.3, 0.4) is 0 Å². The van der Waals surface area contributed by atoms with Crippen LogP contribution in [-0.2, 0) is 40.3 Å². The quantitative estimate of drug-likeness (QED) is 0.287. The molecule has 0 spiro atoms. The number of aromatic nitrogens is 3. The second-order valence-corrected chi connectivity index (χ2v) is 14.6. The molecule has 2 aromatic heterocycles. The predicted molar refractivity (Wildman–Crippen MR) is 153 cm³/mol. The number of amides is 1. The SMILES string of the molecule is CC(C)[C@H]1c2nc(NC(=O)Cc3ccc(S(=O)(=O)CCC4CCCC4)cc3)sc2CN1Cc1ccc(C(F)(F)F)nn1. The van der Waals surface area contributed by atoms with Gasteiger partial charge in [0.1, 0.15) is 0 Å². The summed E-state index contributed by atoms with van der Waals surface area (Å²) < 4.78 is 64.0. The molecule has 42 heavy (non-hydrogen) atoms. The van der Waals surface area contributed by atoms with E-state index in [0.29, 0.717) is 41.8 Å². The van der Waals surface area contributed by atoms with Gasteiger partial charge >= 0.3 is 6.18 Å². The largest absolute Gasteiger partial charge is 0.435 e. The zero-order valence-electron chi connectivity index (χ0n) is 23.5. The Bertz CT molecular complexity index is 1500. The number of nitrogens with one attached hydrogen (secondary N) is 1. The molecule has 3 aromatic rings. The Morgan fingerprint density at radius 1 is 1.10 bits per heavy atom. The molecule has 1 atom stereocenters. The number of carbonyl (C=O) groups is 1. The van der Waals surface area contributed by atoms with Crippen LogP contribution in [0.15, 0.2) is 41.3 Å². The molecular formula is C29H34F3N5O3S2. The minimum Gasteiger partial charge on any atom is -0.302 e. The molecule has 0 saturated heterocycles. The average molecular weight is 622 g/mol. The minimum atomic E-state index is -4.53. The van der Waals surface area contributed by atoms with Gasteiger partial charge in [0.05, 0.1) is 34.5 Å². The molecule has 1 N–H and O–H groups in total. The third-order valence-corrected chi connectivity index (χ3v) is 10.7. The number of alkyl halides is 3. The first-order valence-corrected chi connectivity index (χ1v) is 16.6. The van der Waals surface area contributed by atoms with Crippen molar-refractivity contribution >= 4 is 32.2 Å². The van der Waals surface area contributed by atoms with Crippen LogP contribution >= 0.6 is 11.3 Å². The first-order valence-electron chi connectivity index (χ1n) is 14.1. The number of benzene rings is 1. The van der Waals surface area contributed by atoms with E-state index in [1.807, 2.05) is 13.8 Å². The van der Waals surface area contributed by atoms with Gasteiger partial charge in [-0.2, -0.15) is 18.3 Å². The molecule has 1 amide bonds. The number of carbonyl (C=O) groups excluding carboxylic acids is 1. The van der Waals surface area contributed by atoms with E-state index >= 15 is 0 Å². The lowest BCUT2D eigenvalue weighted by molar-refractivity contribution is -0.141. The molecule has 0 bridgehead atoms. The minimum absolute atomic E-state index is 0.0823. The topological polar surface area (TPSA) is 105 Å². The number of halogens is 3. The summed E-state index contributed by atoms with van der Waals surface area (Å²) in [6.07, 6.45) is 0.835. The van der Waals surface area contributed by atoms with E-state index in [0.717, 1.165) is 29.5 Å². The van der Waals surface area contributed by atoms with Crippen LogP contribution in [0.2, 0.25) is 0 Å². The Kier molecular flexibility index (Phi) is 9.00. The molecule has 226 valence electrons. The average Bonchev–Trinajstić information content (AvgIpc) is 3.64. The molecule has 8 nitrogen and oxygen atoms in total. The van der Waals surface area contributed by atoms with Gasteiger partial charge in [0, 0.05) is 18.0 Å². The lowest BCUT2D eigenvalue weighted by atomic mass is 10.0. The van der Waals surface area contributed by atoms with Gasteiger partial charge in [-0.1, -0.05) is 51.7 Å². The van der Waals surface area contributed by atoms with Crippen molar-refractivity contribution in [2.75, 3.05) is 11.1 Å². The third-order valence-electron chi connectivity index (χ3n) is 7.92. The molecule has 0 radical (unpaired) electrons. The molecule has 1 aliphatic carbocycles. The number of anilines is 1. The highest BCUT2D eigenvalue weighted by Crippen LogP contribution is 2.43. The maximum absolute atomic E-state index is 12.8. The van der Waals surface area contributed by atoms with Crippen molar-refractivity contribution in [3.05, 3.63) is 63.9 Å². The molecule has 2 aliphatic rings. The monoisotopic (exact) mass is 621 g/mol. The van der Waals surface area contributed by atoms with Crippen molar-refractivity contribution < 1.29 is 26.4 Å². The van der Waals surface area contributed by atoms with E-state index in [-0.39, 0.29) is 34.9 Å². The van der Waals surface area contributed by atoms with Crippen molar-refractivity contribution in [3.63, 3.8) is 0 Å². The summed E-state index contributed by atoms with van der Waals surface area (Å²) in [6.45, 7) is 4.94. The van der Waals surface area contributed by atoms with Gasteiger partial charge < -0.3 is 5.32 Å². The van der Waals surface area contributed by atoms with Gasteiger partial charge in [-0.3, -0.25) is 9.69 Å². The second-order valence-electron chi connectivity index (χ2n) is 11.5. The Morgan fingerprint density at radius 2 is 1.81 bits per heavy atom. The fourth-order valence-corrected chi connectivity index (χ4v) is 8.29. The van der Waals surface area contributed by atoms with Crippen LogP contribution in [0.25, 0.3) is 0 Å². The number of nitrogens with zero attached hydrogens (tertiary/aromatic N) is 4. The van der Waals surface area contributed by atoms with Crippen molar-refractivity contribution in [1.29, 1.82) is 0 Å². The smallest absolute Gasteiger partial charge is 0.302 e. The van der Waals surface area contributed by atoms with Crippen LogP contribution < -0.4 is 5.32 Å². The number of sulfone groups is 1. The summed E-state index contributed by atoms with van der Waals surface area (Å²) in [7, 11) is -3.35. The standard InChI is InChI=1S/C29H34F3N5O3S2/c1-18(2)27-26-23(17-37(27)16-21-9-12-24(36-35-21)29(30,31)32)41-28(34-26)33-25(38)15-20-7-10-22(11-8-20)42(39,40)14-13-19-5-3-4-6-19/h7-12,18-19,27H,3-6,13-17H2,1-2H3,(H,33,34,38)/t27-/m0/s1. The molecular weight excluding hydrogens is 587 g/mol. The lowest BCUT2D eigenvalue weighted by Crippen LogP contribution is -2.27. The zero-order valence-corrected chi connectivity index (χ0v) is 25.2. The number of thiazole rings is 1. The van der Waals surface area contributed by atoms with Crippen LogP contribution in [0, 0.1) is 11.8 Å². The first-order chi connectivity index (χ1) is 19.9. The fraction of sp³-hybridized carbons (Fsp3) is 0.517. The maximum atomic E-state index is 12.8. The van der Waals surface area contributed by atoms with Crippen molar-refractivity contribution in [3.8, 4) is 0 Å². The van der Waals surface area contributed by atoms with Crippen molar-refractivity contribution in [2.45, 2.75) is 82.6 Å². The highest BCUT2D eigenvalue weighted by molar-refractivity contribution is 7.91. The summed E-state index contributed by atoms with van der Waals surface area (Å²) in [5, 5.41) is 10.4. The van der Waals surface area contributed by atoms with Gasteiger partial charge in [0.25, 0.3) is 0 Å². The second kappa shape index (κ2) is 12.4. The maximum Gasteiger partial charge on any atom is 0.435 e. The van der Waals surface area contributed by atoms with Crippen LogP contribution in [0.1, 0.15) is 79.5 Å². The molecule has 1 aromatic carbocycles. The summed E-state index contributed by atoms with van der Waals surface area (Å²) in [5.74, 6) is 0.561. The van der Waals surface area contributed by atoms with Gasteiger partial charge in [0.2, 0.25) is 5.91 Å². The van der Waals surface area contributed by atoms with Gasteiger partial charge in [-0.25, -0.2) is 13.4 Å². The van der Waals surface area contributed by atoms with Gasteiger partial charge in [-0.15, -0.1) is 16.4 Å². The van der Waals surface area contributed by atoms with E-state index in [1.165, 1.54) is 30.2 Å². The Labute approximate surface area is 247 Å². The Balaban J connectivity index is 1.17. The number of fused-ring (bicyclic) bond motifs is 1. The molecule has 5 rings (SSSR count). The highest BCUT2D eigenvalue weighted by atomic mass is 32.2. The molecule has 3 heterocycles. The van der Waals surface area contributed by atoms with E-state index in [1.54, 1.807) is 24.3 Å². The molecule has 1 saturated carbocycles. The molecule has 1 aliphatic heterocycles. The van der Waals surface area contributed by atoms with Crippen LogP contribution in [-0.4, -0.2) is 40.2 Å². The van der Waals surface area contributed by atoms with Gasteiger partial charge in [0.15, 0.2) is 20.7 Å². The summed E-state index contributed by atoms with van der Waals surface area (Å²) in [4.78, 5) is 20.9. The van der Waals surface area contributed by atoms with Gasteiger partial charge in [-0.05, 0) is 48.1 Å². The number of hydrogen-bond donors (Lipinski definition) is 1. The highest BCUT2D eigenvalue weighted by Gasteiger charge is 2.37. The summed E-state index contributed by atoms with van der Waals surface area (Å²) >= 11 is 1.37.